The Labute approximate surface area is 244 Å². The number of anilines is 1. The van der Waals surface area contributed by atoms with E-state index < -0.39 is 83.2 Å². The number of H-pyrrole nitrogens is 1. The molecular formula is C21H24N8O13P2. The van der Waals surface area contributed by atoms with E-state index in [9.17, 15) is 33.9 Å². The average molecular weight is 658 g/mol. The van der Waals surface area contributed by atoms with Crippen molar-refractivity contribution in [2.75, 3.05) is 18.7 Å². The predicted octanol–water partition coefficient (Wildman–Crippen LogP) is -1.32. The highest BCUT2D eigenvalue weighted by molar-refractivity contribution is 7.52. The molecule has 44 heavy (non-hydrogen) atoms. The predicted molar refractivity (Wildman–Crippen MR) is 141 cm³/mol. The Bertz CT molecular complexity index is 1880. The highest BCUT2D eigenvalue weighted by Crippen LogP contribution is 2.53. The number of imidazole rings is 2. The standard InChI is InChI=1S/C21H24N8O13P2/c22-8-1-2-23-16-10(8)26-5-28(16)19-13(31)15-21(40-19)37-7-43(33,34)41-14-12(30)9(3-38-44(35,36)42-15)39-20(14)29-6-27-11-17(29)24-4-25-18(11)32/h1-2,4-6,9,12-15,19-21,30-31H,3,7H2,(H2,22,23)(H,33,34)(H,35,36)(H,24,25,32)/t9-,12+,13?,14?,15-,19-,20-,21+/m1/s1. The van der Waals surface area contributed by atoms with Crippen LogP contribution in [0.5, 0.6) is 0 Å². The fourth-order valence-electron chi connectivity index (χ4n) is 5.22. The van der Waals surface area contributed by atoms with Crippen molar-refractivity contribution in [2.24, 2.45) is 0 Å². The number of aromatic amines is 1. The number of aromatic nitrogens is 7. The number of pyridine rings is 1. The maximum absolute atomic E-state index is 13.3. The summed E-state index contributed by atoms with van der Waals surface area (Å²) in [7, 11) is -9.85. The normalized spacial score (nSPS) is 38.3. The molecule has 0 radical (unpaired) electrons. The van der Waals surface area contributed by atoms with Crippen LogP contribution in [0.4, 0.5) is 5.69 Å². The number of aliphatic hydroxyl groups excluding tert-OH is 2. The quantitative estimate of drug-likeness (QED) is 0.136. The van der Waals surface area contributed by atoms with Crippen LogP contribution in [0.15, 0.2) is 36.0 Å². The lowest BCUT2D eigenvalue weighted by Crippen LogP contribution is -2.35. The minimum atomic E-state index is -5.06. The lowest BCUT2D eigenvalue weighted by atomic mass is 10.1. The highest BCUT2D eigenvalue weighted by Gasteiger charge is 2.54. The molecule has 2 bridgehead atoms. The lowest BCUT2D eigenvalue weighted by Gasteiger charge is -2.26. The molecule has 0 aromatic carbocycles. The molecule has 3 fully saturated rings. The Balaban J connectivity index is 1.20. The van der Waals surface area contributed by atoms with Crippen LogP contribution in [-0.2, 0) is 36.9 Å². The number of rotatable bonds is 2. The van der Waals surface area contributed by atoms with Crippen molar-refractivity contribution >= 4 is 43.4 Å². The fourth-order valence-corrected chi connectivity index (χ4v) is 7.15. The van der Waals surface area contributed by atoms with Gasteiger partial charge < -0.3 is 44.9 Å². The van der Waals surface area contributed by atoms with E-state index in [1.807, 2.05) is 0 Å². The van der Waals surface area contributed by atoms with Crippen molar-refractivity contribution in [1.29, 1.82) is 0 Å². The Morgan fingerprint density at radius 1 is 0.932 bits per heavy atom. The van der Waals surface area contributed by atoms with E-state index in [1.165, 1.54) is 27.7 Å². The number of hydrogen-bond acceptors (Lipinski definition) is 16. The third kappa shape index (κ3) is 5.06. The average Bonchev–Trinajstić information content (AvgIpc) is 3.73. The van der Waals surface area contributed by atoms with Gasteiger partial charge in [0, 0.05) is 6.20 Å². The molecule has 10 atom stereocenters. The van der Waals surface area contributed by atoms with Crippen LogP contribution in [0.3, 0.4) is 0 Å². The van der Waals surface area contributed by atoms with E-state index in [1.54, 1.807) is 0 Å². The molecular weight excluding hydrogens is 634 g/mol. The number of phosphoric acid groups is 1. The van der Waals surface area contributed by atoms with Gasteiger partial charge in [0.1, 0.15) is 29.9 Å². The van der Waals surface area contributed by atoms with Gasteiger partial charge in [0.05, 0.1) is 31.3 Å². The number of nitrogens with one attached hydrogen (secondary N) is 1. The number of fused-ring (bicyclic) bond motifs is 5. The number of hydrogen-bond donors (Lipinski definition) is 6. The van der Waals surface area contributed by atoms with E-state index >= 15 is 0 Å². The molecule has 3 aliphatic heterocycles. The zero-order chi connectivity index (χ0) is 31.0. The van der Waals surface area contributed by atoms with Crippen LogP contribution < -0.4 is 11.3 Å². The van der Waals surface area contributed by atoms with Gasteiger partial charge in [-0.25, -0.2) is 24.5 Å². The zero-order valence-electron chi connectivity index (χ0n) is 22.0. The largest absolute Gasteiger partial charge is 0.472 e. The van der Waals surface area contributed by atoms with Crippen LogP contribution in [0, 0.1) is 0 Å². The fraction of sp³-hybridized carbons (Fsp3) is 0.476. The van der Waals surface area contributed by atoms with Crippen LogP contribution in [-0.4, -0.2) is 104 Å². The lowest BCUT2D eigenvalue weighted by molar-refractivity contribution is -0.167. The van der Waals surface area contributed by atoms with Crippen molar-refractivity contribution in [3.63, 3.8) is 0 Å². The first-order valence-corrected chi connectivity index (χ1v) is 16.1. The Kier molecular flexibility index (Phi) is 7.20. The summed E-state index contributed by atoms with van der Waals surface area (Å²) in [6, 6.07) is 1.51. The Morgan fingerprint density at radius 2 is 1.66 bits per heavy atom. The summed E-state index contributed by atoms with van der Waals surface area (Å²) in [5.41, 5.74) is 6.01. The maximum atomic E-state index is 13.3. The molecule has 7 N–H and O–H groups in total. The van der Waals surface area contributed by atoms with Crippen molar-refractivity contribution in [3.8, 4) is 0 Å². The molecule has 0 saturated carbocycles. The van der Waals surface area contributed by atoms with Gasteiger partial charge in [-0.15, -0.1) is 0 Å². The van der Waals surface area contributed by atoms with Gasteiger partial charge in [-0.05, 0) is 6.07 Å². The van der Waals surface area contributed by atoms with E-state index in [0.29, 0.717) is 0 Å². The molecule has 7 heterocycles. The SMILES string of the molecule is Nc1ccnc2c1ncn2[C@@H]1O[C@@H]2OCP(=O)(O)OC3[C@@H](O)[C@@H](COP(=O)(O)O[C@@H]2C1O)O[C@H]3n1cnc2c(=O)[nH]cnc21. The summed E-state index contributed by atoms with van der Waals surface area (Å²) in [5, 5.41) is 22.1. The second kappa shape index (κ2) is 10.7. The van der Waals surface area contributed by atoms with Crippen LogP contribution in [0.1, 0.15) is 12.5 Å². The second-order valence-electron chi connectivity index (χ2n) is 10.1. The maximum Gasteiger partial charge on any atom is 0.472 e. The first-order chi connectivity index (χ1) is 20.9. The van der Waals surface area contributed by atoms with Gasteiger partial charge in [-0.1, -0.05) is 0 Å². The summed E-state index contributed by atoms with van der Waals surface area (Å²) in [5.74, 6) is 0. The summed E-state index contributed by atoms with van der Waals surface area (Å²) in [6.45, 7) is -0.782. The molecule has 4 unspecified atom stereocenters. The van der Waals surface area contributed by atoms with Crippen molar-refractivity contribution in [2.45, 2.75) is 49.3 Å². The minimum absolute atomic E-state index is 0.00656. The number of nitrogen functional groups attached to an aromatic ring is 1. The molecule has 3 aliphatic rings. The Morgan fingerprint density at radius 3 is 2.45 bits per heavy atom. The van der Waals surface area contributed by atoms with Crippen LogP contribution in [0.2, 0.25) is 0 Å². The van der Waals surface area contributed by atoms with Gasteiger partial charge >= 0.3 is 15.4 Å². The zero-order valence-corrected chi connectivity index (χ0v) is 23.8. The number of nitrogens with zero attached hydrogens (tertiary/aromatic N) is 6. The van der Waals surface area contributed by atoms with E-state index in [-0.39, 0.29) is 28.0 Å². The van der Waals surface area contributed by atoms with E-state index in [0.717, 1.165) is 12.7 Å². The molecule has 236 valence electrons. The van der Waals surface area contributed by atoms with Gasteiger partial charge in [0.25, 0.3) is 5.56 Å². The molecule has 4 aromatic rings. The third-order valence-corrected chi connectivity index (χ3v) is 9.27. The van der Waals surface area contributed by atoms with Gasteiger partial charge in [0.2, 0.25) is 0 Å². The van der Waals surface area contributed by atoms with Crippen molar-refractivity contribution in [3.05, 3.63) is 41.6 Å². The number of phosphoric ester groups is 1. The van der Waals surface area contributed by atoms with Gasteiger partial charge in [-0.3, -0.25) is 32.1 Å². The Hall–Kier alpha value is -3.17. The summed E-state index contributed by atoms with van der Waals surface area (Å²) < 4.78 is 61.5. The topological polar surface area (TPSA) is 291 Å². The molecule has 0 amide bonds. The summed E-state index contributed by atoms with van der Waals surface area (Å²) >= 11 is 0. The van der Waals surface area contributed by atoms with Gasteiger partial charge in [-0.2, -0.15) is 0 Å². The smallest absolute Gasteiger partial charge is 0.397 e. The number of aliphatic hydroxyl groups is 2. The van der Waals surface area contributed by atoms with Crippen molar-refractivity contribution in [1.82, 2.24) is 34.1 Å². The highest BCUT2D eigenvalue weighted by atomic mass is 31.2. The number of nitrogens with two attached hydrogens (primary N) is 1. The molecule has 7 rings (SSSR count). The molecule has 3 saturated heterocycles. The first-order valence-electron chi connectivity index (χ1n) is 12.8. The summed E-state index contributed by atoms with van der Waals surface area (Å²) in [4.78, 5) is 52.2. The number of ether oxygens (including phenoxy) is 3. The molecule has 23 heteroatoms. The van der Waals surface area contributed by atoms with Crippen molar-refractivity contribution < 1.29 is 56.9 Å². The molecule has 0 aliphatic carbocycles. The first kappa shape index (κ1) is 29.5. The van der Waals surface area contributed by atoms with Gasteiger partial charge in [0.15, 0.2) is 48.0 Å². The molecule has 21 nitrogen and oxygen atoms in total. The molecule has 4 aromatic heterocycles. The van der Waals surface area contributed by atoms with E-state index in [2.05, 4.69) is 24.9 Å². The second-order valence-corrected chi connectivity index (χ2v) is 13.2. The third-order valence-electron chi connectivity index (χ3n) is 7.23. The minimum Gasteiger partial charge on any atom is -0.397 e. The van der Waals surface area contributed by atoms with E-state index in [4.69, 9.17) is 33.5 Å². The monoisotopic (exact) mass is 658 g/mol. The summed E-state index contributed by atoms with van der Waals surface area (Å²) in [6.07, 6.45) is -8.90. The molecule has 0 spiro atoms. The van der Waals surface area contributed by atoms with Crippen LogP contribution in [0.25, 0.3) is 22.3 Å². The van der Waals surface area contributed by atoms with Crippen LogP contribution >= 0.6 is 15.4 Å².